The Morgan fingerprint density at radius 1 is 1.30 bits per heavy atom. The molecule has 1 aliphatic heterocycles. The van der Waals surface area contributed by atoms with Gasteiger partial charge in [-0.2, -0.15) is 12.6 Å². The summed E-state index contributed by atoms with van der Waals surface area (Å²) in [5.74, 6) is 0. The van der Waals surface area contributed by atoms with Gasteiger partial charge in [0.2, 0.25) is 0 Å². The van der Waals surface area contributed by atoms with Crippen LogP contribution >= 0.6 is 12.6 Å². The second kappa shape index (κ2) is 2.42. The van der Waals surface area contributed by atoms with Gasteiger partial charge in [0.05, 0.1) is 13.2 Å². The standard InChI is InChI=1S/C8H14OS/c10-7-3-1-2-4-8(7)5-9-6-8/h7,10H,1-6H2. The molecule has 58 valence electrons. The lowest BCUT2D eigenvalue weighted by atomic mass is 9.72. The highest BCUT2D eigenvalue weighted by Gasteiger charge is 2.44. The molecular formula is C8H14OS. The molecule has 10 heavy (non-hydrogen) atoms. The molecule has 0 radical (unpaired) electrons. The molecule has 2 rings (SSSR count). The summed E-state index contributed by atoms with van der Waals surface area (Å²) in [6.45, 7) is 1.95. The number of ether oxygens (including phenoxy) is 1. The van der Waals surface area contributed by atoms with Gasteiger partial charge in [-0.15, -0.1) is 0 Å². The summed E-state index contributed by atoms with van der Waals surface area (Å²) < 4.78 is 5.24. The highest BCUT2D eigenvalue weighted by atomic mass is 32.1. The molecular weight excluding hydrogens is 144 g/mol. The van der Waals surface area contributed by atoms with Crippen LogP contribution in [0.1, 0.15) is 25.7 Å². The Morgan fingerprint density at radius 2 is 2.10 bits per heavy atom. The maximum Gasteiger partial charge on any atom is 0.0555 e. The smallest absolute Gasteiger partial charge is 0.0555 e. The summed E-state index contributed by atoms with van der Waals surface area (Å²) in [6.07, 6.45) is 5.41. The number of hydrogen-bond donors (Lipinski definition) is 1. The van der Waals surface area contributed by atoms with E-state index in [9.17, 15) is 0 Å². The van der Waals surface area contributed by atoms with E-state index < -0.39 is 0 Å². The molecule has 1 aliphatic carbocycles. The van der Waals surface area contributed by atoms with E-state index in [1.165, 1.54) is 25.7 Å². The first-order valence-corrected chi connectivity index (χ1v) is 4.61. The van der Waals surface area contributed by atoms with Crippen LogP contribution in [0, 0.1) is 5.41 Å². The lowest BCUT2D eigenvalue weighted by Gasteiger charge is -2.48. The molecule has 0 bridgehead atoms. The molecule has 1 unspecified atom stereocenters. The van der Waals surface area contributed by atoms with E-state index in [0.29, 0.717) is 10.7 Å². The van der Waals surface area contributed by atoms with Gasteiger partial charge < -0.3 is 4.74 Å². The van der Waals surface area contributed by atoms with Gasteiger partial charge >= 0.3 is 0 Å². The molecule has 0 aromatic heterocycles. The van der Waals surface area contributed by atoms with E-state index in [1.54, 1.807) is 0 Å². The van der Waals surface area contributed by atoms with Crippen molar-refractivity contribution in [3.05, 3.63) is 0 Å². The van der Waals surface area contributed by atoms with Crippen molar-refractivity contribution in [2.24, 2.45) is 5.41 Å². The van der Waals surface area contributed by atoms with E-state index in [1.807, 2.05) is 0 Å². The third-order valence-corrected chi connectivity index (χ3v) is 3.69. The molecule has 1 saturated heterocycles. The monoisotopic (exact) mass is 158 g/mol. The Labute approximate surface area is 67.6 Å². The fraction of sp³-hybridized carbons (Fsp3) is 1.00. The van der Waals surface area contributed by atoms with Crippen LogP contribution in [0.5, 0.6) is 0 Å². The van der Waals surface area contributed by atoms with Crippen LogP contribution in [0.4, 0.5) is 0 Å². The fourth-order valence-corrected chi connectivity index (χ4v) is 2.45. The molecule has 1 heterocycles. The summed E-state index contributed by atoms with van der Waals surface area (Å²) in [5, 5.41) is 0.620. The van der Waals surface area contributed by atoms with Crippen molar-refractivity contribution in [3.8, 4) is 0 Å². The van der Waals surface area contributed by atoms with Gasteiger partial charge in [0.1, 0.15) is 0 Å². The second-order valence-corrected chi connectivity index (χ2v) is 4.24. The molecule has 2 aliphatic rings. The summed E-state index contributed by atoms with van der Waals surface area (Å²) in [4.78, 5) is 0. The van der Waals surface area contributed by atoms with Crippen LogP contribution in [0.25, 0.3) is 0 Å². The van der Waals surface area contributed by atoms with Crippen molar-refractivity contribution in [1.82, 2.24) is 0 Å². The van der Waals surface area contributed by atoms with Crippen LogP contribution in [0.3, 0.4) is 0 Å². The fourth-order valence-electron chi connectivity index (χ4n) is 1.99. The van der Waals surface area contributed by atoms with Crippen molar-refractivity contribution in [3.63, 3.8) is 0 Å². The van der Waals surface area contributed by atoms with Crippen molar-refractivity contribution in [1.29, 1.82) is 0 Å². The number of rotatable bonds is 0. The first-order valence-electron chi connectivity index (χ1n) is 4.09. The third-order valence-electron chi connectivity index (χ3n) is 2.89. The zero-order chi connectivity index (χ0) is 7.03. The Bertz CT molecular complexity index is 131. The van der Waals surface area contributed by atoms with E-state index >= 15 is 0 Å². The average molecular weight is 158 g/mol. The van der Waals surface area contributed by atoms with Gasteiger partial charge in [0, 0.05) is 10.7 Å². The highest BCUT2D eigenvalue weighted by molar-refractivity contribution is 7.81. The molecule has 1 nitrogen and oxygen atoms in total. The van der Waals surface area contributed by atoms with Crippen LogP contribution in [-0.4, -0.2) is 18.5 Å². The van der Waals surface area contributed by atoms with Crippen LogP contribution < -0.4 is 0 Å². The predicted molar refractivity (Wildman–Crippen MR) is 44.5 cm³/mol. The first kappa shape index (κ1) is 6.99. The molecule has 1 atom stereocenters. The minimum Gasteiger partial charge on any atom is -0.380 e. The zero-order valence-electron chi connectivity index (χ0n) is 6.18. The maximum atomic E-state index is 5.24. The highest BCUT2D eigenvalue weighted by Crippen LogP contribution is 2.44. The van der Waals surface area contributed by atoms with Crippen LogP contribution in [-0.2, 0) is 4.74 Å². The topological polar surface area (TPSA) is 9.23 Å². The molecule has 1 saturated carbocycles. The van der Waals surface area contributed by atoms with E-state index in [-0.39, 0.29) is 0 Å². The molecule has 2 heteroatoms. The zero-order valence-corrected chi connectivity index (χ0v) is 7.07. The van der Waals surface area contributed by atoms with Crippen molar-refractivity contribution in [2.75, 3.05) is 13.2 Å². The second-order valence-electron chi connectivity index (χ2n) is 3.62. The van der Waals surface area contributed by atoms with Gasteiger partial charge in [-0.3, -0.25) is 0 Å². The summed E-state index contributed by atoms with van der Waals surface area (Å²) in [7, 11) is 0. The van der Waals surface area contributed by atoms with Crippen molar-refractivity contribution < 1.29 is 4.74 Å². The maximum absolute atomic E-state index is 5.24. The van der Waals surface area contributed by atoms with Gasteiger partial charge in [0.25, 0.3) is 0 Å². The summed E-state index contributed by atoms with van der Waals surface area (Å²) in [5.41, 5.74) is 0.501. The van der Waals surface area contributed by atoms with Gasteiger partial charge in [-0.05, 0) is 12.8 Å². The molecule has 0 amide bonds. The van der Waals surface area contributed by atoms with Gasteiger partial charge in [-0.25, -0.2) is 0 Å². The van der Waals surface area contributed by atoms with E-state index in [2.05, 4.69) is 12.6 Å². The normalized spacial score (nSPS) is 37.5. The SMILES string of the molecule is SC1CCCCC12COC2. The quantitative estimate of drug-likeness (QED) is 0.530. The lowest BCUT2D eigenvalue weighted by Crippen LogP contribution is -2.50. The minimum atomic E-state index is 0.501. The molecule has 2 fully saturated rings. The number of hydrogen-bond acceptors (Lipinski definition) is 2. The van der Waals surface area contributed by atoms with Crippen molar-refractivity contribution >= 4 is 12.6 Å². The number of thiol groups is 1. The van der Waals surface area contributed by atoms with Gasteiger partial charge in [-0.1, -0.05) is 12.8 Å². The lowest BCUT2D eigenvalue weighted by molar-refractivity contribution is -0.126. The summed E-state index contributed by atoms with van der Waals surface area (Å²) in [6, 6.07) is 0. The minimum absolute atomic E-state index is 0.501. The Kier molecular flexibility index (Phi) is 1.69. The van der Waals surface area contributed by atoms with Crippen LogP contribution in [0.2, 0.25) is 0 Å². The van der Waals surface area contributed by atoms with Crippen LogP contribution in [0.15, 0.2) is 0 Å². The Hall–Kier alpha value is 0.310. The van der Waals surface area contributed by atoms with Crippen molar-refractivity contribution in [2.45, 2.75) is 30.9 Å². The first-order chi connectivity index (χ1) is 4.83. The molecule has 0 aromatic rings. The molecule has 1 spiro atoms. The molecule has 0 aromatic carbocycles. The Morgan fingerprint density at radius 3 is 2.50 bits per heavy atom. The average Bonchev–Trinajstić information content (AvgIpc) is 1.85. The van der Waals surface area contributed by atoms with E-state index in [0.717, 1.165) is 13.2 Å². The molecule has 0 N–H and O–H groups in total. The summed E-state index contributed by atoms with van der Waals surface area (Å²) >= 11 is 4.59. The Balaban J connectivity index is 2.03. The van der Waals surface area contributed by atoms with Gasteiger partial charge in [0.15, 0.2) is 0 Å². The predicted octanol–water partition coefficient (Wildman–Crippen LogP) is 1.88. The largest absolute Gasteiger partial charge is 0.380 e. The van der Waals surface area contributed by atoms with E-state index in [4.69, 9.17) is 4.74 Å². The third kappa shape index (κ3) is 0.892.